The van der Waals surface area contributed by atoms with Crippen LogP contribution in [0.5, 0.6) is 0 Å². The van der Waals surface area contributed by atoms with Gasteiger partial charge in [0.1, 0.15) is 5.78 Å². The van der Waals surface area contributed by atoms with Gasteiger partial charge in [-0.05, 0) is 11.1 Å². The fourth-order valence-corrected chi connectivity index (χ4v) is 3.17. The van der Waals surface area contributed by atoms with Crippen molar-refractivity contribution < 1.29 is 19.5 Å². The SMILES string of the molecule is O=C(O)CCC(=O)c1ncc(CC(=O)C(c2ccccc2)c2ccccc2)c(=O)[nH]1. The van der Waals surface area contributed by atoms with E-state index in [9.17, 15) is 19.2 Å². The van der Waals surface area contributed by atoms with Crippen LogP contribution < -0.4 is 5.56 Å². The van der Waals surface area contributed by atoms with Crippen molar-refractivity contribution >= 4 is 17.5 Å². The molecule has 3 aromatic rings. The molecule has 2 N–H and O–H groups in total. The first-order chi connectivity index (χ1) is 14.5. The molecule has 0 bridgehead atoms. The van der Waals surface area contributed by atoms with Crippen molar-refractivity contribution in [2.75, 3.05) is 0 Å². The van der Waals surface area contributed by atoms with Crippen LogP contribution >= 0.6 is 0 Å². The molecule has 7 nitrogen and oxygen atoms in total. The number of nitrogens with one attached hydrogen (secondary N) is 1. The third-order valence-corrected chi connectivity index (χ3v) is 4.66. The first-order valence-electron chi connectivity index (χ1n) is 9.41. The second-order valence-corrected chi connectivity index (χ2v) is 6.80. The Kier molecular flexibility index (Phi) is 6.64. The molecule has 0 aliphatic heterocycles. The van der Waals surface area contributed by atoms with Crippen LogP contribution in [0, 0.1) is 0 Å². The highest BCUT2D eigenvalue weighted by Gasteiger charge is 2.24. The number of H-pyrrole nitrogens is 1. The van der Waals surface area contributed by atoms with Gasteiger partial charge in [0.15, 0.2) is 11.6 Å². The topological polar surface area (TPSA) is 117 Å². The van der Waals surface area contributed by atoms with Crippen LogP contribution in [0.25, 0.3) is 0 Å². The molecule has 0 fully saturated rings. The number of aromatic amines is 1. The average Bonchev–Trinajstić information content (AvgIpc) is 2.75. The lowest BCUT2D eigenvalue weighted by Gasteiger charge is -2.17. The minimum Gasteiger partial charge on any atom is -0.481 e. The number of hydrogen-bond acceptors (Lipinski definition) is 5. The zero-order chi connectivity index (χ0) is 21.5. The molecule has 152 valence electrons. The lowest BCUT2D eigenvalue weighted by atomic mass is 9.85. The Labute approximate surface area is 172 Å². The van der Waals surface area contributed by atoms with Gasteiger partial charge in [0.25, 0.3) is 5.56 Å². The van der Waals surface area contributed by atoms with Gasteiger partial charge in [-0.2, -0.15) is 0 Å². The summed E-state index contributed by atoms with van der Waals surface area (Å²) in [6, 6.07) is 18.6. The molecule has 3 rings (SSSR count). The Morgan fingerprint density at radius 3 is 1.97 bits per heavy atom. The molecule has 7 heteroatoms. The number of carboxylic acid groups (broad SMARTS) is 1. The van der Waals surface area contributed by atoms with Gasteiger partial charge in [-0.3, -0.25) is 19.2 Å². The van der Waals surface area contributed by atoms with Crippen LogP contribution in [0.1, 0.15) is 46.1 Å². The van der Waals surface area contributed by atoms with Crippen LogP contribution in [0.15, 0.2) is 71.7 Å². The van der Waals surface area contributed by atoms with Crippen LogP contribution in [0.4, 0.5) is 0 Å². The molecule has 0 saturated carbocycles. The number of benzene rings is 2. The minimum absolute atomic E-state index is 0.145. The summed E-state index contributed by atoms with van der Waals surface area (Å²) < 4.78 is 0. The number of carbonyl (C=O) groups excluding carboxylic acids is 2. The number of hydrogen-bond donors (Lipinski definition) is 2. The molecule has 1 aromatic heterocycles. The lowest BCUT2D eigenvalue weighted by Crippen LogP contribution is -2.24. The van der Waals surface area contributed by atoms with Gasteiger partial charge in [0, 0.05) is 24.6 Å². The second kappa shape index (κ2) is 9.56. The van der Waals surface area contributed by atoms with E-state index in [1.54, 1.807) is 0 Å². The zero-order valence-electron chi connectivity index (χ0n) is 16.1. The summed E-state index contributed by atoms with van der Waals surface area (Å²) in [6.45, 7) is 0. The van der Waals surface area contributed by atoms with E-state index in [2.05, 4.69) is 9.97 Å². The van der Waals surface area contributed by atoms with Crippen LogP contribution in [-0.2, 0) is 16.0 Å². The summed E-state index contributed by atoms with van der Waals surface area (Å²) in [5.41, 5.74) is 1.20. The molecular formula is C23H20N2O5. The number of nitrogens with zero attached hydrogens (tertiary/aromatic N) is 1. The summed E-state index contributed by atoms with van der Waals surface area (Å²) in [4.78, 5) is 54.4. The molecule has 0 spiro atoms. The third kappa shape index (κ3) is 5.14. The smallest absolute Gasteiger partial charge is 0.303 e. The highest BCUT2D eigenvalue weighted by Crippen LogP contribution is 2.26. The van der Waals surface area contributed by atoms with Gasteiger partial charge in [-0.15, -0.1) is 0 Å². The fraction of sp³-hybridized carbons (Fsp3) is 0.174. The summed E-state index contributed by atoms with van der Waals surface area (Å²) in [5, 5.41) is 8.66. The van der Waals surface area contributed by atoms with E-state index in [0.717, 1.165) is 11.1 Å². The number of aliphatic carboxylic acids is 1. The van der Waals surface area contributed by atoms with Crippen molar-refractivity contribution in [1.29, 1.82) is 0 Å². The highest BCUT2D eigenvalue weighted by molar-refractivity contribution is 5.94. The van der Waals surface area contributed by atoms with Gasteiger partial charge in [-0.1, -0.05) is 60.7 Å². The van der Waals surface area contributed by atoms with Gasteiger partial charge in [0.05, 0.1) is 12.3 Å². The van der Waals surface area contributed by atoms with Crippen molar-refractivity contribution in [3.8, 4) is 0 Å². The third-order valence-electron chi connectivity index (χ3n) is 4.66. The Morgan fingerprint density at radius 2 is 1.47 bits per heavy atom. The number of carboxylic acids is 1. The van der Waals surface area contributed by atoms with E-state index >= 15 is 0 Å². The molecule has 0 amide bonds. The Bertz CT molecular complexity index is 1070. The maximum absolute atomic E-state index is 13.1. The van der Waals surface area contributed by atoms with Crippen molar-refractivity contribution in [2.45, 2.75) is 25.2 Å². The number of rotatable bonds is 9. The number of carbonyl (C=O) groups is 3. The zero-order valence-corrected chi connectivity index (χ0v) is 16.1. The molecule has 2 aromatic carbocycles. The number of Topliss-reactive ketones (excluding diaryl/α,β-unsaturated/α-hetero) is 2. The van der Waals surface area contributed by atoms with Crippen molar-refractivity contribution in [3.63, 3.8) is 0 Å². The van der Waals surface area contributed by atoms with Gasteiger partial charge in [0.2, 0.25) is 0 Å². The van der Waals surface area contributed by atoms with Crippen molar-refractivity contribution in [1.82, 2.24) is 9.97 Å². The monoisotopic (exact) mass is 404 g/mol. The molecule has 0 atom stereocenters. The fourth-order valence-electron chi connectivity index (χ4n) is 3.17. The first-order valence-corrected chi connectivity index (χ1v) is 9.41. The van der Waals surface area contributed by atoms with E-state index < -0.39 is 23.2 Å². The molecule has 0 aliphatic rings. The molecule has 0 unspecified atom stereocenters. The Balaban J connectivity index is 1.83. The Morgan fingerprint density at radius 1 is 0.900 bits per heavy atom. The predicted molar refractivity (Wildman–Crippen MR) is 109 cm³/mol. The molecule has 0 aliphatic carbocycles. The Hall–Kier alpha value is -3.87. The quantitative estimate of drug-likeness (QED) is 0.530. The maximum Gasteiger partial charge on any atom is 0.303 e. The molecule has 0 saturated heterocycles. The largest absolute Gasteiger partial charge is 0.481 e. The molecular weight excluding hydrogens is 384 g/mol. The van der Waals surface area contributed by atoms with Crippen LogP contribution in [0.2, 0.25) is 0 Å². The predicted octanol–water partition coefficient (Wildman–Crippen LogP) is 2.76. The van der Waals surface area contributed by atoms with E-state index in [-0.39, 0.29) is 36.4 Å². The minimum atomic E-state index is -1.11. The lowest BCUT2D eigenvalue weighted by molar-refractivity contribution is -0.137. The van der Waals surface area contributed by atoms with Crippen molar-refractivity contribution in [2.24, 2.45) is 0 Å². The normalized spacial score (nSPS) is 10.7. The summed E-state index contributed by atoms with van der Waals surface area (Å²) in [6.07, 6.45) is 0.442. The summed E-state index contributed by atoms with van der Waals surface area (Å²) in [7, 11) is 0. The summed E-state index contributed by atoms with van der Waals surface area (Å²) in [5.74, 6) is -2.60. The molecule has 0 radical (unpaired) electrons. The molecule has 1 heterocycles. The van der Waals surface area contributed by atoms with E-state index in [1.165, 1.54) is 6.20 Å². The highest BCUT2D eigenvalue weighted by atomic mass is 16.4. The van der Waals surface area contributed by atoms with Gasteiger partial charge in [-0.25, -0.2) is 4.98 Å². The van der Waals surface area contributed by atoms with Gasteiger partial charge < -0.3 is 10.1 Å². The number of ketones is 2. The van der Waals surface area contributed by atoms with E-state index in [1.807, 2.05) is 60.7 Å². The van der Waals surface area contributed by atoms with Gasteiger partial charge >= 0.3 is 5.97 Å². The number of aromatic nitrogens is 2. The van der Waals surface area contributed by atoms with E-state index in [4.69, 9.17) is 5.11 Å². The van der Waals surface area contributed by atoms with Crippen molar-refractivity contribution in [3.05, 3.63) is 99.7 Å². The first kappa shape index (κ1) is 20.9. The standard InChI is InChI=1S/C23H20N2O5/c26-18(11-12-20(28)29)22-24-14-17(23(30)25-22)13-19(27)21(15-7-3-1-4-8-15)16-9-5-2-6-10-16/h1-10,14,21H,11-13H2,(H,28,29)(H,24,25,30). The maximum atomic E-state index is 13.1. The van der Waals surface area contributed by atoms with Crippen LogP contribution in [-0.4, -0.2) is 32.6 Å². The second-order valence-electron chi connectivity index (χ2n) is 6.80. The molecule has 30 heavy (non-hydrogen) atoms. The average molecular weight is 404 g/mol. The van der Waals surface area contributed by atoms with E-state index in [0.29, 0.717) is 0 Å². The van der Waals surface area contributed by atoms with Crippen LogP contribution in [0.3, 0.4) is 0 Å². The summed E-state index contributed by atoms with van der Waals surface area (Å²) >= 11 is 0.